The molecule has 0 radical (unpaired) electrons. The van der Waals surface area contributed by atoms with Gasteiger partial charge in [-0.25, -0.2) is 8.57 Å². The maximum atomic E-state index is 13.0. The first-order valence-corrected chi connectivity index (χ1v) is 5.38. The Bertz CT molecular complexity index is 360. The van der Waals surface area contributed by atoms with Gasteiger partial charge in [-0.05, 0) is 0 Å². The van der Waals surface area contributed by atoms with E-state index >= 15 is 0 Å². The Balaban J connectivity index is 2.76. The van der Waals surface area contributed by atoms with Gasteiger partial charge in [0.2, 0.25) is 6.36 Å². The van der Waals surface area contributed by atoms with Crippen LogP contribution in [0.5, 0.6) is 0 Å². The quantitative estimate of drug-likeness (QED) is 0.703. The van der Waals surface area contributed by atoms with Crippen molar-refractivity contribution in [2.45, 2.75) is 6.36 Å². The van der Waals surface area contributed by atoms with Crippen LogP contribution in [-0.4, -0.2) is 14.7 Å². The van der Waals surface area contributed by atoms with E-state index in [4.69, 9.17) is 0 Å². The molecule has 13 heavy (non-hydrogen) atoms. The largest absolute Gasteiger partial charge is 0.267 e. The lowest BCUT2D eigenvalue weighted by Gasteiger charge is -2.06. The molecule has 0 fully saturated rings. The zero-order valence-electron chi connectivity index (χ0n) is 6.98. The summed E-state index contributed by atoms with van der Waals surface area (Å²) in [5.74, 6) is 0. The van der Waals surface area contributed by atoms with Crippen molar-refractivity contribution < 1.29 is 17.0 Å². The summed E-state index contributed by atoms with van der Waals surface area (Å²) in [6, 6.07) is 7.82. The van der Waals surface area contributed by atoms with Crippen molar-refractivity contribution in [3.05, 3.63) is 35.9 Å². The maximum Gasteiger partial charge on any atom is 0.267 e. The Kier molecular flexibility index (Phi) is 3.00. The summed E-state index contributed by atoms with van der Waals surface area (Å²) in [6.07, 6.45) is -1.11. The highest BCUT2D eigenvalue weighted by molar-refractivity contribution is 7.85. The third-order valence-electron chi connectivity index (χ3n) is 1.32. The van der Waals surface area contributed by atoms with Gasteiger partial charge in [-0.2, -0.15) is 8.42 Å². The van der Waals surface area contributed by atoms with Crippen molar-refractivity contribution in [1.29, 1.82) is 0 Å². The average Bonchev–Trinajstić information content (AvgIpc) is 2.03. The van der Waals surface area contributed by atoms with E-state index in [2.05, 4.69) is 4.18 Å². The molecule has 0 amide bonds. The fraction of sp³-hybridized carbons (Fsp3) is 0.250. The van der Waals surface area contributed by atoms with Gasteiger partial charge in [-0.3, -0.25) is 0 Å². The zero-order chi connectivity index (χ0) is 9.90. The topological polar surface area (TPSA) is 43.4 Å². The summed E-state index contributed by atoms with van der Waals surface area (Å²) < 4.78 is 38.3. The van der Waals surface area contributed by atoms with Crippen LogP contribution in [0.2, 0.25) is 0 Å². The van der Waals surface area contributed by atoms with E-state index in [0.717, 1.165) is 6.26 Å². The Morgan fingerprint density at radius 2 is 1.85 bits per heavy atom. The number of rotatable bonds is 3. The molecule has 1 atom stereocenters. The molecule has 0 saturated heterocycles. The van der Waals surface area contributed by atoms with Gasteiger partial charge in [0, 0.05) is 5.56 Å². The highest BCUT2D eigenvalue weighted by Crippen LogP contribution is 2.19. The van der Waals surface area contributed by atoms with Crippen LogP contribution in [0.3, 0.4) is 0 Å². The zero-order valence-corrected chi connectivity index (χ0v) is 7.79. The van der Waals surface area contributed by atoms with Crippen LogP contribution in [0.4, 0.5) is 4.39 Å². The third kappa shape index (κ3) is 3.52. The van der Waals surface area contributed by atoms with Crippen molar-refractivity contribution in [3.63, 3.8) is 0 Å². The fourth-order valence-corrected chi connectivity index (χ4v) is 1.23. The molecule has 1 rings (SSSR count). The van der Waals surface area contributed by atoms with E-state index in [1.54, 1.807) is 18.2 Å². The van der Waals surface area contributed by atoms with E-state index in [9.17, 15) is 12.8 Å². The highest BCUT2D eigenvalue weighted by atomic mass is 32.2. The van der Waals surface area contributed by atoms with Gasteiger partial charge in [-0.15, -0.1) is 0 Å². The second-order valence-electron chi connectivity index (χ2n) is 2.53. The summed E-state index contributed by atoms with van der Waals surface area (Å²) in [7, 11) is -3.75. The SMILES string of the molecule is CS(=O)(=O)OC(F)c1ccccc1. The van der Waals surface area contributed by atoms with Gasteiger partial charge in [-0.1, -0.05) is 30.3 Å². The van der Waals surface area contributed by atoms with E-state index in [1.807, 2.05) is 0 Å². The molecule has 3 nitrogen and oxygen atoms in total. The molecule has 0 heterocycles. The van der Waals surface area contributed by atoms with Crippen LogP contribution in [0.1, 0.15) is 11.9 Å². The van der Waals surface area contributed by atoms with E-state index in [1.165, 1.54) is 12.1 Å². The molecule has 72 valence electrons. The minimum Gasteiger partial charge on any atom is -0.229 e. The Morgan fingerprint density at radius 1 is 1.31 bits per heavy atom. The lowest BCUT2D eigenvalue weighted by molar-refractivity contribution is 0.0756. The van der Waals surface area contributed by atoms with Crippen LogP contribution in [-0.2, 0) is 14.3 Å². The molecule has 0 N–H and O–H groups in total. The molecule has 1 unspecified atom stereocenters. The van der Waals surface area contributed by atoms with Gasteiger partial charge >= 0.3 is 0 Å². The number of hydrogen-bond acceptors (Lipinski definition) is 3. The third-order valence-corrected chi connectivity index (χ3v) is 1.84. The normalized spacial score (nSPS) is 14.0. The first-order chi connectivity index (χ1) is 5.99. The summed E-state index contributed by atoms with van der Waals surface area (Å²) in [5.41, 5.74) is 0.188. The van der Waals surface area contributed by atoms with E-state index in [0.29, 0.717) is 0 Å². The first-order valence-electron chi connectivity index (χ1n) is 3.56. The molecule has 0 saturated carbocycles. The molecule has 0 aliphatic heterocycles. The smallest absolute Gasteiger partial charge is 0.229 e. The van der Waals surface area contributed by atoms with Crippen LogP contribution in [0.25, 0.3) is 0 Å². The summed E-state index contributed by atoms with van der Waals surface area (Å²) in [6.45, 7) is 0. The summed E-state index contributed by atoms with van der Waals surface area (Å²) in [4.78, 5) is 0. The standard InChI is InChI=1S/C8H9FO3S/c1-13(10,11)12-8(9)7-5-3-2-4-6-7/h2-6,8H,1H3. The average molecular weight is 204 g/mol. The highest BCUT2D eigenvalue weighted by Gasteiger charge is 2.15. The predicted octanol–water partition coefficient (Wildman–Crippen LogP) is 1.63. The molecule has 5 heteroatoms. The molecular formula is C8H9FO3S. The van der Waals surface area contributed by atoms with Crippen molar-refractivity contribution in [3.8, 4) is 0 Å². The lowest BCUT2D eigenvalue weighted by Crippen LogP contribution is -2.06. The molecule has 0 aliphatic rings. The minimum absolute atomic E-state index is 0.188. The summed E-state index contributed by atoms with van der Waals surface area (Å²) in [5, 5.41) is 0. The molecule has 0 spiro atoms. The Hall–Kier alpha value is -0.940. The molecule has 1 aromatic carbocycles. The van der Waals surface area contributed by atoms with Crippen molar-refractivity contribution >= 4 is 10.1 Å². The van der Waals surface area contributed by atoms with Gasteiger partial charge < -0.3 is 0 Å². The van der Waals surface area contributed by atoms with Gasteiger partial charge in [0.1, 0.15) is 0 Å². The second-order valence-corrected chi connectivity index (χ2v) is 4.13. The monoisotopic (exact) mass is 204 g/mol. The first kappa shape index (κ1) is 10.1. The predicted molar refractivity (Wildman–Crippen MR) is 46.2 cm³/mol. The van der Waals surface area contributed by atoms with Crippen LogP contribution >= 0.6 is 0 Å². The summed E-state index contributed by atoms with van der Waals surface area (Å²) >= 11 is 0. The number of alkyl halides is 1. The van der Waals surface area contributed by atoms with E-state index in [-0.39, 0.29) is 5.56 Å². The Morgan fingerprint density at radius 3 is 2.31 bits per heavy atom. The van der Waals surface area contributed by atoms with Crippen LogP contribution in [0, 0.1) is 0 Å². The minimum atomic E-state index is -3.75. The Labute approximate surface area is 76.3 Å². The van der Waals surface area contributed by atoms with Crippen molar-refractivity contribution in [1.82, 2.24) is 0 Å². The number of benzene rings is 1. The van der Waals surface area contributed by atoms with Crippen LogP contribution < -0.4 is 0 Å². The molecule has 0 aromatic heterocycles. The lowest BCUT2D eigenvalue weighted by atomic mass is 10.2. The second kappa shape index (κ2) is 3.85. The molecule has 0 bridgehead atoms. The molecular weight excluding hydrogens is 195 g/mol. The van der Waals surface area contributed by atoms with Crippen molar-refractivity contribution in [2.75, 3.05) is 6.26 Å². The van der Waals surface area contributed by atoms with Crippen LogP contribution in [0.15, 0.2) is 30.3 Å². The number of halogens is 1. The molecule has 0 aliphatic carbocycles. The fourth-order valence-electron chi connectivity index (χ4n) is 0.813. The number of hydrogen-bond donors (Lipinski definition) is 0. The molecule has 1 aromatic rings. The maximum absolute atomic E-state index is 13.0. The van der Waals surface area contributed by atoms with Gasteiger partial charge in [0.15, 0.2) is 0 Å². The van der Waals surface area contributed by atoms with Crippen molar-refractivity contribution in [2.24, 2.45) is 0 Å². The van der Waals surface area contributed by atoms with E-state index < -0.39 is 16.5 Å². The van der Waals surface area contributed by atoms with Gasteiger partial charge in [0.05, 0.1) is 6.26 Å². The van der Waals surface area contributed by atoms with Gasteiger partial charge in [0.25, 0.3) is 10.1 Å².